The van der Waals surface area contributed by atoms with E-state index in [-0.39, 0.29) is 12.5 Å². The van der Waals surface area contributed by atoms with Crippen LogP contribution in [0.4, 0.5) is 4.79 Å². The number of ether oxygens (including phenoxy) is 1. The third-order valence-corrected chi connectivity index (χ3v) is 7.88. The van der Waals surface area contributed by atoms with Crippen molar-refractivity contribution in [1.29, 1.82) is 0 Å². The largest absolute Gasteiger partial charge is 0.460 e. The van der Waals surface area contributed by atoms with E-state index in [9.17, 15) is 19.2 Å². The lowest BCUT2D eigenvalue weighted by molar-refractivity contribution is -0.166. The van der Waals surface area contributed by atoms with Crippen molar-refractivity contribution in [3.63, 3.8) is 0 Å². The van der Waals surface area contributed by atoms with Gasteiger partial charge >= 0.3 is 12.0 Å². The SMILES string of the molecule is CNN1C(=O)N(C[C@H](C(=O)OC(C)(C)C)[C@@H](CC2CCCC2)C(=O)N2CCCCC2)C(=O)C1(NC)NC. The Morgan fingerprint density at radius 3 is 2.05 bits per heavy atom. The molecule has 3 N–H and O–H groups in total. The molecule has 3 aliphatic rings. The minimum atomic E-state index is -1.51. The van der Waals surface area contributed by atoms with Crippen LogP contribution in [0.15, 0.2) is 0 Å². The van der Waals surface area contributed by atoms with Crippen molar-refractivity contribution in [3.05, 3.63) is 0 Å². The molecule has 3 rings (SSSR count). The van der Waals surface area contributed by atoms with Crippen molar-refractivity contribution in [2.75, 3.05) is 40.8 Å². The second-order valence-electron chi connectivity index (χ2n) is 11.5. The van der Waals surface area contributed by atoms with E-state index in [4.69, 9.17) is 4.74 Å². The molecule has 0 radical (unpaired) electrons. The Morgan fingerprint density at radius 2 is 1.57 bits per heavy atom. The van der Waals surface area contributed by atoms with Crippen molar-refractivity contribution in [3.8, 4) is 0 Å². The first kappa shape index (κ1) is 29.3. The molecule has 1 aliphatic carbocycles. The van der Waals surface area contributed by atoms with Crippen molar-refractivity contribution >= 4 is 23.8 Å². The maximum Gasteiger partial charge on any atom is 0.344 e. The average molecular weight is 523 g/mol. The van der Waals surface area contributed by atoms with Crippen molar-refractivity contribution < 1.29 is 23.9 Å². The molecule has 0 unspecified atom stereocenters. The second kappa shape index (κ2) is 12.1. The van der Waals surface area contributed by atoms with Crippen LogP contribution in [0.3, 0.4) is 0 Å². The molecule has 0 aromatic rings. The van der Waals surface area contributed by atoms with Crippen LogP contribution < -0.4 is 16.1 Å². The lowest BCUT2D eigenvalue weighted by Crippen LogP contribution is -2.70. The van der Waals surface area contributed by atoms with Crippen LogP contribution in [0.1, 0.15) is 72.1 Å². The van der Waals surface area contributed by atoms with E-state index in [0.29, 0.717) is 25.4 Å². The Kier molecular flexibility index (Phi) is 9.57. The van der Waals surface area contributed by atoms with Crippen LogP contribution in [0.25, 0.3) is 0 Å². The molecule has 210 valence electrons. The van der Waals surface area contributed by atoms with Crippen LogP contribution in [0.2, 0.25) is 0 Å². The molecule has 0 bridgehead atoms. The molecule has 0 aromatic heterocycles. The minimum absolute atomic E-state index is 0.0690. The zero-order valence-electron chi connectivity index (χ0n) is 23.4. The van der Waals surface area contributed by atoms with Gasteiger partial charge in [-0.15, -0.1) is 0 Å². The predicted molar refractivity (Wildman–Crippen MR) is 139 cm³/mol. The number of piperidine rings is 1. The highest BCUT2D eigenvalue weighted by molar-refractivity contribution is 6.06. The first-order chi connectivity index (χ1) is 17.5. The summed E-state index contributed by atoms with van der Waals surface area (Å²) in [5.74, 6) is -3.98. The lowest BCUT2D eigenvalue weighted by atomic mass is 9.81. The van der Waals surface area contributed by atoms with Gasteiger partial charge < -0.3 is 9.64 Å². The number of rotatable bonds is 10. The fourth-order valence-electron chi connectivity index (χ4n) is 5.96. The number of likely N-dealkylation sites (N-methyl/N-ethyl adjacent to an activating group) is 2. The summed E-state index contributed by atoms with van der Waals surface area (Å²) in [6, 6.07) is -0.602. The van der Waals surface area contributed by atoms with Gasteiger partial charge in [0.05, 0.1) is 11.8 Å². The monoisotopic (exact) mass is 522 g/mol. The third-order valence-electron chi connectivity index (χ3n) is 7.88. The number of likely N-dealkylation sites (tertiary alicyclic amines) is 1. The molecule has 2 saturated heterocycles. The van der Waals surface area contributed by atoms with Crippen LogP contribution in [-0.4, -0.2) is 90.8 Å². The second-order valence-corrected chi connectivity index (χ2v) is 11.5. The van der Waals surface area contributed by atoms with E-state index in [1.54, 1.807) is 41.9 Å². The Bertz CT molecular complexity index is 843. The van der Waals surface area contributed by atoms with Gasteiger partial charge in [0, 0.05) is 26.7 Å². The predicted octanol–water partition coefficient (Wildman–Crippen LogP) is 1.64. The maximum absolute atomic E-state index is 14.0. The van der Waals surface area contributed by atoms with Gasteiger partial charge in [0.15, 0.2) is 0 Å². The molecule has 3 fully saturated rings. The smallest absolute Gasteiger partial charge is 0.344 e. The van der Waals surface area contributed by atoms with Crippen molar-refractivity contribution in [1.82, 2.24) is 30.9 Å². The van der Waals surface area contributed by atoms with Gasteiger partial charge in [-0.05, 0) is 66.5 Å². The van der Waals surface area contributed by atoms with Crippen LogP contribution in [0, 0.1) is 17.8 Å². The normalized spacial score (nSPS) is 22.5. The topological polar surface area (TPSA) is 123 Å². The molecule has 2 atom stereocenters. The van der Waals surface area contributed by atoms with E-state index in [1.165, 1.54) is 5.01 Å². The molecule has 4 amide bonds. The first-order valence-electron chi connectivity index (χ1n) is 13.7. The summed E-state index contributed by atoms with van der Waals surface area (Å²) in [5, 5.41) is 6.95. The molecule has 37 heavy (non-hydrogen) atoms. The van der Waals surface area contributed by atoms with Gasteiger partial charge in [-0.3, -0.25) is 29.9 Å². The fraction of sp³-hybridized carbons (Fsp3) is 0.846. The molecule has 11 heteroatoms. The standard InChI is InChI=1S/C26H46N6O5/c1-25(2,3)37-22(34)20(17-31-23(35)26(27-4,28-5)32(29-6)24(31)36)19(16-18-12-8-9-13-18)21(33)30-14-10-7-11-15-30/h18-20,27-29H,7-17H2,1-6H3/t19-,20+/m1/s1. The summed E-state index contributed by atoms with van der Waals surface area (Å²) in [5.41, 5.74) is 1.99. The van der Waals surface area contributed by atoms with E-state index in [1.807, 2.05) is 4.90 Å². The molecule has 2 aliphatic heterocycles. The maximum atomic E-state index is 14.0. The number of hydrazine groups is 1. The van der Waals surface area contributed by atoms with Gasteiger partial charge in [-0.2, -0.15) is 0 Å². The highest BCUT2D eigenvalue weighted by atomic mass is 16.6. The fourth-order valence-corrected chi connectivity index (χ4v) is 5.96. The quantitative estimate of drug-likeness (QED) is 0.225. The third kappa shape index (κ3) is 6.26. The number of hydrogen-bond donors (Lipinski definition) is 3. The Hall–Kier alpha value is -2.24. The summed E-state index contributed by atoms with van der Waals surface area (Å²) in [4.78, 5) is 57.6. The summed E-state index contributed by atoms with van der Waals surface area (Å²) in [6.07, 6.45) is 7.76. The number of urea groups is 1. The zero-order valence-corrected chi connectivity index (χ0v) is 23.4. The minimum Gasteiger partial charge on any atom is -0.460 e. The number of imide groups is 1. The van der Waals surface area contributed by atoms with Gasteiger partial charge in [-0.1, -0.05) is 25.7 Å². The molecular formula is C26H46N6O5. The van der Waals surface area contributed by atoms with Gasteiger partial charge in [0.1, 0.15) is 5.60 Å². The molecule has 1 saturated carbocycles. The number of carbonyl (C=O) groups excluding carboxylic acids is 4. The highest BCUT2D eigenvalue weighted by Crippen LogP contribution is 2.36. The number of hydrogen-bond acceptors (Lipinski definition) is 8. The molecule has 2 heterocycles. The summed E-state index contributed by atoms with van der Waals surface area (Å²) in [7, 11) is 4.69. The van der Waals surface area contributed by atoms with Crippen molar-refractivity contribution in [2.24, 2.45) is 17.8 Å². The van der Waals surface area contributed by atoms with E-state index in [0.717, 1.165) is 49.8 Å². The Labute approximate surface area is 221 Å². The highest BCUT2D eigenvalue weighted by Gasteiger charge is 2.58. The molecule has 0 aromatic carbocycles. The van der Waals surface area contributed by atoms with Crippen LogP contribution in [-0.2, 0) is 19.1 Å². The average Bonchev–Trinajstić information content (AvgIpc) is 3.45. The van der Waals surface area contributed by atoms with Crippen LogP contribution >= 0.6 is 0 Å². The molecule has 0 spiro atoms. The Balaban J connectivity index is 1.99. The van der Waals surface area contributed by atoms with Gasteiger partial charge in [-0.25, -0.2) is 15.2 Å². The van der Waals surface area contributed by atoms with Crippen LogP contribution in [0.5, 0.6) is 0 Å². The number of nitrogens with zero attached hydrogens (tertiary/aromatic N) is 3. The summed E-state index contributed by atoms with van der Waals surface area (Å²) >= 11 is 0. The summed E-state index contributed by atoms with van der Waals surface area (Å²) in [6.45, 7) is 6.44. The number of carbonyl (C=O) groups is 4. The Morgan fingerprint density at radius 1 is 0.973 bits per heavy atom. The first-order valence-corrected chi connectivity index (χ1v) is 13.7. The number of esters is 1. The number of amides is 4. The van der Waals surface area contributed by atoms with E-state index in [2.05, 4.69) is 16.1 Å². The lowest BCUT2D eigenvalue weighted by Gasteiger charge is -2.36. The van der Waals surface area contributed by atoms with E-state index >= 15 is 0 Å². The summed E-state index contributed by atoms with van der Waals surface area (Å²) < 4.78 is 5.80. The van der Waals surface area contributed by atoms with Crippen molar-refractivity contribution in [2.45, 2.75) is 83.5 Å². The molecular weight excluding hydrogens is 476 g/mol. The zero-order chi connectivity index (χ0) is 27.4. The van der Waals surface area contributed by atoms with Gasteiger partial charge in [0.2, 0.25) is 11.7 Å². The molecule has 11 nitrogen and oxygen atoms in total. The van der Waals surface area contributed by atoms with Gasteiger partial charge in [0.25, 0.3) is 5.91 Å². The van der Waals surface area contributed by atoms with E-state index < -0.39 is 41.1 Å². The number of nitrogens with one attached hydrogen (secondary N) is 3.